The number of nitrogens with one attached hydrogen (secondary N) is 1. The molecule has 2 aromatic heterocycles. The normalized spacial score (nSPS) is 20.6. The highest BCUT2D eigenvalue weighted by Crippen LogP contribution is 2.23. The Balaban J connectivity index is 1.89. The third-order valence-corrected chi connectivity index (χ3v) is 3.18. The summed E-state index contributed by atoms with van der Waals surface area (Å²) in [6, 6.07) is 0.101. The van der Waals surface area contributed by atoms with Crippen LogP contribution in [0.5, 0.6) is 0 Å². The molecule has 2 aromatic rings. The van der Waals surface area contributed by atoms with Crippen molar-refractivity contribution < 1.29 is 4.52 Å². The monoisotopic (exact) mass is 261 g/mol. The van der Waals surface area contributed by atoms with Crippen LogP contribution >= 0.6 is 0 Å². The van der Waals surface area contributed by atoms with E-state index in [9.17, 15) is 0 Å². The molecule has 100 valence electrons. The molecule has 1 unspecified atom stereocenters. The van der Waals surface area contributed by atoms with E-state index in [1.54, 1.807) is 6.20 Å². The number of hydrogen-bond acceptors (Lipinski definition) is 8. The zero-order valence-corrected chi connectivity index (χ0v) is 10.6. The lowest BCUT2D eigenvalue weighted by molar-refractivity contribution is 0.190. The summed E-state index contributed by atoms with van der Waals surface area (Å²) in [5, 5.41) is 7.32. The van der Waals surface area contributed by atoms with Crippen molar-refractivity contribution in [1.29, 1.82) is 0 Å². The van der Waals surface area contributed by atoms with Crippen molar-refractivity contribution >= 4 is 5.82 Å². The fraction of sp³-hybridized carbons (Fsp3) is 0.455. The molecule has 8 heteroatoms. The van der Waals surface area contributed by atoms with Gasteiger partial charge in [-0.15, -0.1) is 0 Å². The minimum absolute atomic E-state index is 0.101. The summed E-state index contributed by atoms with van der Waals surface area (Å²) in [4.78, 5) is 14.6. The lowest BCUT2D eigenvalue weighted by atomic mass is 10.2. The number of anilines is 1. The number of likely N-dealkylation sites (N-methyl/N-ethyl adjacent to an activating group) is 1. The Morgan fingerprint density at radius 2 is 2.26 bits per heavy atom. The van der Waals surface area contributed by atoms with Crippen LogP contribution in [0.1, 0.15) is 11.9 Å². The van der Waals surface area contributed by atoms with Crippen LogP contribution in [0.25, 0.3) is 11.6 Å². The fourth-order valence-corrected chi connectivity index (χ4v) is 2.07. The van der Waals surface area contributed by atoms with Crippen molar-refractivity contribution in [2.45, 2.75) is 6.04 Å². The molecule has 0 radical (unpaired) electrons. The topological polar surface area (TPSA) is 106 Å². The molecule has 1 aliphatic rings. The van der Waals surface area contributed by atoms with Gasteiger partial charge in [-0.25, -0.2) is 9.97 Å². The highest BCUT2D eigenvalue weighted by Gasteiger charge is 2.26. The van der Waals surface area contributed by atoms with E-state index in [1.807, 2.05) is 7.05 Å². The summed E-state index contributed by atoms with van der Waals surface area (Å²) >= 11 is 0. The fourth-order valence-electron chi connectivity index (χ4n) is 2.07. The second-order valence-corrected chi connectivity index (χ2v) is 4.45. The van der Waals surface area contributed by atoms with Crippen LogP contribution in [0.4, 0.5) is 5.82 Å². The molecular weight excluding hydrogens is 246 g/mol. The van der Waals surface area contributed by atoms with Gasteiger partial charge in [0, 0.05) is 32.0 Å². The van der Waals surface area contributed by atoms with E-state index < -0.39 is 0 Å². The van der Waals surface area contributed by atoms with E-state index in [0.29, 0.717) is 17.4 Å². The van der Waals surface area contributed by atoms with Gasteiger partial charge in [-0.05, 0) is 7.05 Å². The van der Waals surface area contributed by atoms with Crippen molar-refractivity contribution in [2.24, 2.45) is 0 Å². The zero-order valence-electron chi connectivity index (χ0n) is 10.6. The smallest absolute Gasteiger partial charge is 0.280 e. The number of aromatic nitrogens is 4. The van der Waals surface area contributed by atoms with Crippen LogP contribution in [-0.2, 0) is 0 Å². The van der Waals surface area contributed by atoms with E-state index in [-0.39, 0.29) is 11.9 Å². The predicted molar refractivity (Wildman–Crippen MR) is 68.0 cm³/mol. The first-order valence-corrected chi connectivity index (χ1v) is 6.07. The third-order valence-electron chi connectivity index (χ3n) is 3.18. The predicted octanol–water partition coefficient (Wildman–Crippen LogP) is -0.315. The molecule has 0 aromatic carbocycles. The maximum absolute atomic E-state index is 5.74. The van der Waals surface area contributed by atoms with Gasteiger partial charge in [-0.3, -0.25) is 4.90 Å². The molecule has 0 saturated carbocycles. The molecule has 0 amide bonds. The van der Waals surface area contributed by atoms with E-state index in [1.165, 1.54) is 6.20 Å². The average molecular weight is 261 g/mol. The first-order chi connectivity index (χ1) is 9.25. The highest BCUT2D eigenvalue weighted by molar-refractivity contribution is 5.61. The number of hydrogen-bond donors (Lipinski definition) is 2. The van der Waals surface area contributed by atoms with Crippen molar-refractivity contribution in [3.8, 4) is 11.6 Å². The number of nitrogen functional groups attached to an aromatic ring is 1. The van der Waals surface area contributed by atoms with Crippen LogP contribution in [0.3, 0.4) is 0 Å². The Kier molecular flexibility index (Phi) is 3.10. The summed E-state index contributed by atoms with van der Waals surface area (Å²) in [5.74, 6) is 1.22. The van der Waals surface area contributed by atoms with Gasteiger partial charge in [0.05, 0.1) is 6.04 Å². The molecule has 0 bridgehead atoms. The first-order valence-electron chi connectivity index (χ1n) is 6.07. The molecule has 1 atom stereocenters. The van der Waals surface area contributed by atoms with Crippen LogP contribution in [0.15, 0.2) is 16.9 Å². The van der Waals surface area contributed by atoms with Crippen LogP contribution in [-0.4, -0.2) is 51.7 Å². The Morgan fingerprint density at radius 3 is 3.05 bits per heavy atom. The van der Waals surface area contributed by atoms with Gasteiger partial charge in [-0.1, -0.05) is 5.16 Å². The van der Waals surface area contributed by atoms with Crippen LogP contribution < -0.4 is 11.1 Å². The van der Waals surface area contributed by atoms with Crippen molar-refractivity contribution in [3.63, 3.8) is 0 Å². The van der Waals surface area contributed by atoms with E-state index in [4.69, 9.17) is 10.3 Å². The second-order valence-electron chi connectivity index (χ2n) is 4.45. The maximum Gasteiger partial charge on any atom is 0.280 e. The summed E-state index contributed by atoms with van der Waals surface area (Å²) < 4.78 is 5.24. The SMILES string of the molecule is CN1CCNCC1c1noc(-c2nccnc2N)n1. The maximum atomic E-state index is 5.74. The summed E-state index contributed by atoms with van der Waals surface area (Å²) in [7, 11) is 2.04. The van der Waals surface area contributed by atoms with Gasteiger partial charge in [0.15, 0.2) is 17.3 Å². The van der Waals surface area contributed by atoms with Crippen molar-refractivity contribution in [2.75, 3.05) is 32.4 Å². The van der Waals surface area contributed by atoms with E-state index in [2.05, 4.69) is 30.3 Å². The number of rotatable bonds is 2. The van der Waals surface area contributed by atoms with Gasteiger partial charge in [0.1, 0.15) is 0 Å². The number of piperazine rings is 1. The molecule has 19 heavy (non-hydrogen) atoms. The van der Waals surface area contributed by atoms with Gasteiger partial charge in [-0.2, -0.15) is 4.98 Å². The molecule has 3 rings (SSSR count). The van der Waals surface area contributed by atoms with E-state index >= 15 is 0 Å². The molecule has 3 N–H and O–H groups in total. The van der Waals surface area contributed by atoms with Crippen molar-refractivity contribution in [3.05, 3.63) is 18.2 Å². The molecule has 0 spiro atoms. The lowest BCUT2D eigenvalue weighted by Gasteiger charge is -2.30. The van der Waals surface area contributed by atoms with Gasteiger partial charge < -0.3 is 15.6 Å². The van der Waals surface area contributed by atoms with Gasteiger partial charge in [0.2, 0.25) is 0 Å². The molecule has 1 saturated heterocycles. The van der Waals surface area contributed by atoms with Gasteiger partial charge >= 0.3 is 0 Å². The molecule has 0 aliphatic carbocycles. The number of nitrogens with zero attached hydrogens (tertiary/aromatic N) is 5. The minimum atomic E-state index is 0.101. The molecule has 1 fully saturated rings. The minimum Gasteiger partial charge on any atom is -0.382 e. The van der Waals surface area contributed by atoms with Crippen LogP contribution in [0, 0.1) is 0 Å². The highest BCUT2D eigenvalue weighted by atomic mass is 16.5. The third kappa shape index (κ3) is 2.27. The Hall–Kier alpha value is -2.06. The van der Waals surface area contributed by atoms with E-state index in [0.717, 1.165) is 19.6 Å². The molecule has 3 heterocycles. The second kappa shape index (κ2) is 4.90. The Morgan fingerprint density at radius 1 is 1.42 bits per heavy atom. The lowest BCUT2D eigenvalue weighted by Crippen LogP contribution is -2.44. The quantitative estimate of drug-likeness (QED) is 0.758. The van der Waals surface area contributed by atoms with Gasteiger partial charge in [0.25, 0.3) is 5.89 Å². The summed E-state index contributed by atoms with van der Waals surface area (Å²) in [5.41, 5.74) is 6.17. The average Bonchev–Trinajstić information content (AvgIpc) is 2.89. The largest absolute Gasteiger partial charge is 0.382 e. The van der Waals surface area contributed by atoms with Crippen LogP contribution in [0.2, 0.25) is 0 Å². The zero-order chi connectivity index (χ0) is 13.2. The Bertz CT molecular complexity index is 570. The molecule has 8 nitrogen and oxygen atoms in total. The summed E-state index contributed by atoms with van der Waals surface area (Å²) in [6.07, 6.45) is 3.07. The Labute approximate surface area is 110 Å². The first kappa shape index (κ1) is 12.0. The number of nitrogens with two attached hydrogens (primary N) is 1. The molecular formula is C11H15N7O. The van der Waals surface area contributed by atoms with Crippen molar-refractivity contribution in [1.82, 2.24) is 30.3 Å². The standard InChI is InChI=1S/C11H15N7O/c1-18-5-4-13-6-7(18)10-16-11(19-17-10)8-9(12)15-3-2-14-8/h2-3,7,13H,4-6H2,1H3,(H2,12,15). The summed E-state index contributed by atoms with van der Waals surface area (Å²) in [6.45, 7) is 2.71. The molecule has 1 aliphatic heterocycles.